The van der Waals surface area contributed by atoms with Gasteiger partial charge < -0.3 is 15.2 Å². The molecular formula is C34H35BrN4O4. The van der Waals surface area contributed by atoms with Gasteiger partial charge in [0.2, 0.25) is 0 Å². The molecule has 6 aliphatic rings. The van der Waals surface area contributed by atoms with Crippen molar-refractivity contribution in [2.45, 2.75) is 67.2 Å². The molecule has 5 aliphatic heterocycles. The van der Waals surface area contributed by atoms with E-state index in [9.17, 15) is 14.7 Å². The lowest BCUT2D eigenvalue weighted by Crippen LogP contribution is -2.16. The summed E-state index contributed by atoms with van der Waals surface area (Å²) in [6, 6.07) is 0. The van der Waals surface area contributed by atoms with Crippen LogP contribution in [0, 0.1) is 11.8 Å². The zero-order valence-electron chi connectivity index (χ0n) is 25.5. The largest absolute Gasteiger partial charge is 0.511 e. The van der Waals surface area contributed by atoms with Crippen LogP contribution in [0.2, 0.25) is 0 Å². The minimum absolute atomic E-state index is 0.0250. The Labute approximate surface area is 260 Å². The van der Waals surface area contributed by atoms with Crippen molar-refractivity contribution in [1.29, 1.82) is 0 Å². The van der Waals surface area contributed by atoms with Crippen LogP contribution >= 0.6 is 15.9 Å². The summed E-state index contributed by atoms with van der Waals surface area (Å²) in [6.45, 7) is 11.8. The topological polar surface area (TPSA) is 113 Å². The highest BCUT2D eigenvalue weighted by atomic mass is 79.9. The van der Waals surface area contributed by atoms with Crippen molar-refractivity contribution in [3.8, 4) is 0 Å². The number of methoxy groups -OCH3 is 1. The molecule has 2 N–H and O–H groups in total. The van der Waals surface area contributed by atoms with Crippen LogP contribution in [0.1, 0.15) is 67.2 Å². The summed E-state index contributed by atoms with van der Waals surface area (Å²) in [5, 5.41) is 14.9. The van der Waals surface area contributed by atoms with E-state index in [1.165, 1.54) is 7.11 Å². The minimum atomic E-state index is -0.268. The number of hydrogen-bond acceptors (Lipinski definition) is 8. The van der Waals surface area contributed by atoms with Crippen LogP contribution < -0.4 is 5.32 Å². The monoisotopic (exact) mass is 642 g/mol. The van der Waals surface area contributed by atoms with E-state index in [4.69, 9.17) is 19.7 Å². The zero-order chi connectivity index (χ0) is 30.9. The Bertz CT molecular complexity index is 1780. The van der Waals surface area contributed by atoms with Gasteiger partial charge in [0.05, 0.1) is 45.8 Å². The molecule has 222 valence electrons. The SMILES string of the molecule is CCC1=C(C)C2=NC1=CC1=C(C)C3=C(O)CC(=C4NC(=C(Br)C5=NC(=C2)C(C(C)=O)=C5C)[C@@H](C)[C@@H]4CCC(=O)OC)C3=N1. The van der Waals surface area contributed by atoms with E-state index in [0.29, 0.717) is 35.6 Å². The number of hydrogen-bond donors (Lipinski definition) is 2. The molecule has 1 aliphatic carbocycles. The van der Waals surface area contributed by atoms with Crippen LogP contribution in [-0.2, 0) is 14.3 Å². The van der Waals surface area contributed by atoms with Gasteiger partial charge >= 0.3 is 5.97 Å². The molecule has 1 fully saturated rings. The molecule has 0 amide bonds. The van der Waals surface area contributed by atoms with Crippen molar-refractivity contribution in [3.05, 3.63) is 89.9 Å². The van der Waals surface area contributed by atoms with Crippen molar-refractivity contribution in [1.82, 2.24) is 5.32 Å². The van der Waals surface area contributed by atoms with E-state index in [1.54, 1.807) is 6.92 Å². The maximum atomic E-state index is 13.0. The number of nitrogens with one attached hydrogen (secondary N) is 1. The molecule has 1 saturated heterocycles. The fourth-order valence-electron chi connectivity index (χ4n) is 7.02. The maximum absolute atomic E-state index is 13.0. The molecule has 8 bridgehead atoms. The second-order valence-corrected chi connectivity index (χ2v) is 12.5. The number of Topliss-reactive ketones (excluding diaryl/α,β-unsaturated/α-hetero) is 1. The molecule has 0 aromatic carbocycles. The van der Waals surface area contributed by atoms with E-state index in [1.807, 2.05) is 26.0 Å². The molecule has 0 radical (unpaired) electrons. The van der Waals surface area contributed by atoms with Crippen molar-refractivity contribution < 1.29 is 19.4 Å². The summed E-state index contributed by atoms with van der Waals surface area (Å²) in [4.78, 5) is 40.3. The number of carbonyl (C=O) groups excluding carboxylic acids is 2. The first-order valence-electron chi connectivity index (χ1n) is 14.7. The van der Waals surface area contributed by atoms with Crippen LogP contribution in [0.4, 0.5) is 0 Å². The molecule has 6 rings (SSSR count). The summed E-state index contributed by atoms with van der Waals surface area (Å²) >= 11 is 3.87. The standard InChI is InChI=1S/C34H35BrN4O4/c1-8-19-14(2)22-13-25-28(18(6)40)17(5)32(38-25)30(35)31-15(3)20(9-10-27(42)43-7)33(39-31)21-11-26(41)29-16(4)23(37-34(21)29)12-24(19)36-22/h12-13,15,20,39,41H,8-11H2,1-7H3/t15-,20-/m0/s1. The zero-order valence-corrected chi connectivity index (χ0v) is 27.1. The highest BCUT2D eigenvalue weighted by Crippen LogP contribution is 2.47. The second kappa shape index (κ2) is 10.7. The molecule has 43 heavy (non-hydrogen) atoms. The molecular weight excluding hydrogens is 608 g/mol. The number of rotatable bonds is 5. The Morgan fingerprint density at radius 2 is 1.79 bits per heavy atom. The molecule has 9 heteroatoms. The summed E-state index contributed by atoms with van der Waals surface area (Å²) in [7, 11) is 1.40. The highest BCUT2D eigenvalue weighted by Gasteiger charge is 2.42. The van der Waals surface area contributed by atoms with Gasteiger partial charge in [-0.05, 0) is 90.9 Å². The molecule has 5 heterocycles. The second-order valence-electron chi connectivity index (χ2n) is 11.8. The fourth-order valence-corrected chi connectivity index (χ4v) is 7.87. The lowest BCUT2D eigenvalue weighted by molar-refractivity contribution is -0.140. The number of halogens is 1. The van der Waals surface area contributed by atoms with Crippen LogP contribution in [0.3, 0.4) is 0 Å². The molecule has 0 saturated carbocycles. The Hall–Kier alpha value is -3.85. The number of fused-ring (bicyclic) bond motifs is 5. The molecule has 0 aromatic heterocycles. The van der Waals surface area contributed by atoms with Crippen molar-refractivity contribution >= 4 is 44.8 Å². The summed E-state index contributed by atoms with van der Waals surface area (Å²) in [5.41, 5.74) is 12.4. The first-order valence-corrected chi connectivity index (χ1v) is 15.5. The van der Waals surface area contributed by atoms with Crippen molar-refractivity contribution in [3.63, 3.8) is 0 Å². The maximum Gasteiger partial charge on any atom is 0.305 e. The van der Waals surface area contributed by atoms with Gasteiger partial charge in [0, 0.05) is 52.8 Å². The third kappa shape index (κ3) is 4.51. The van der Waals surface area contributed by atoms with Crippen LogP contribution in [0.15, 0.2) is 105 Å². The molecule has 0 aromatic rings. The first kappa shape index (κ1) is 29.2. The smallest absolute Gasteiger partial charge is 0.305 e. The Balaban J connectivity index is 1.64. The lowest BCUT2D eigenvalue weighted by Gasteiger charge is -2.17. The van der Waals surface area contributed by atoms with Gasteiger partial charge in [-0.25, -0.2) is 15.0 Å². The van der Waals surface area contributed by atoms with E-state index in [0.717, 1.165) is 78.6 Å². The molecule has 0 unspecified atom stereocenters. The van der Waals surface area contributed by atoms with Gasteiger partial charge in [0.15, 0.2) is 5.78 Å². The number of ether oxygens (including phenoxy) is 1. The summed E-state index contributed by atoms with van der Waals surface area (Å²) in [6.07, 6.45) is 5.87. The van der Waals surface area contributed by atoms with Gasteiger partial charge in [-0.3, -0.25) is 9.59 Å². The average molecular weight is 644 g/mol. The number of aliphatic imine (C=N–C) groups is 3. The van der Waals surface area contributed by atoms with Crippen LogP contribution in [0.5, 0.6) is 0 Å². The Morgan fingerprint density at radius 3 is 2.47 bits per heavy atom. The van der Waals surface area contributed by atoms with Gasteiger partial charge in [-0.15, -0.1) is 0 Å². The van der Waals surface area contributed by atoms with Crippen LogP contribution in [0.25, 0.3) is 0 Å². The number of aliphatic hydroxyl groups is 1. The molecule has 0 spiro atoms. The molecule has 2 atom stereocenters. The van der Waals surface area contributed by atoms with E-state index < -0.39 is 0 Å². The van der Waals surface area contributed by atoms with Gasteiger partial charge in [0.1, 0.15) is 5.76 Å². The number of allylic oxidation sites excluding steroid dienone is 12. The molecule has 8 nitrogen and oxygen atoms in total. The fraction of sp³-hybridized carbons (Fsp3) is 0.382. The van der Waals surface area contributed by atoms with Crippen LogP contribution in [-0.4, -0.2) is 41.1 Å². The number of nitrogens with zero attached hydrogens (tertiary/aromatic N) is 3. The average Bonchev–Trinajstić information content (AvgIpc) is 3.72. The minimum Gasteiger partial charge on any atom is -0.511 e. The number of carbonyl (C=O) groups is 2. The number of ketones is 1. The van der Waals surface area contributed by atoms with E-state index >= 15 is 0 Å². The summed E-state index contributed by atoms with van der Waals surface area (Å²) in [5.74, 6) is -0.116. The lowest BCUT2D eigenvalue weighted by atomic mass is 9.86. The third-order valence-corrected chi connectivity index (χ3v) is 10.2. The normalized spacial score (nSPS) is 24.6. The van der Waals surface area contributed by atoms with E-state index in [-0.39, 0.29) is 30.0 Å². The number of esters is 1. The number of aliphatic hydroxyl groups excluding tert-OH is 1. The van der Waals surface area contributed by atoms with Crippen molar-refractivity contribution in [2.75, 3.05) is 7.11 Å². The Morgan fingerprint density at radius 1 is 1.05 bits per heavy atom. The predicted molar refractivity (Wildman–Crippen MR) is 172 cm³/mol. The quantitative estimate of drug-likeness (QED) is 0.316. The first-order chi connectivity index (χ1) is 20.5. The van der Waals surface area contributed by atoms with Gasteiger partial charge in [-0.1, -0.05) is 13.8 Å². The van der Waals surface area contributed by atoms with Gasteiger partial charge in [-0.2, -0.15) is 0 Å². The van der Waals surface area contributed by atoms with Gasteiger partial charge in [0.25, 0.3) is 0 Å². The Kier molecular flexibility index (Phi) is 7.27. The highest BCUT2D eigenvalue weighted by molar-refractivity contribution is 9.12. The summed E-state index contributed by atoms with van der Waals surface area (Å²) < 4.78 is 5.73. The van der Waals surface area contributed by atoms with Crippen molar-refractivity contribution in [2.24, 2.45) is 26.8 Å². The van der Waals surface area contributed by atoms with E-state index in [2.05, 4.69) is 42.0 Å². The predicted octanol–water partition coefficient (Wildman–Crippen LogP) is 6.92. The third-order valence-electron chi connectivity index (χ3n) is 9.36.